The summed E-state index contributed by atoms with van der Waals surface area (Å²) in [5, 5.41) is 14.2. The van der Waals surface area contributed by atoms with Crippen molar-refractivity contribution in [2.75, 3.05) is 11.9 Å². The van der Waals surface area contributed by atoms with Gasteiger partial charge in [0, 0.05) is 51.2 Å². The second-order valence-electron chi connectivity index (χ2n) is 13.1. The van der Waals surface area contributed by atoms with Gasteiger partial charge in [-0.2, -0.15) is 5.26 Å². The molecule has 0 bridgehead atoms. The first-order valence-corrected chi connectivity index (χ1v) is 15.6. The molecular formula is C42H33N3O. The van der Waals surface area contributed by atoms with Crippen LogP contribution in [0.4, 0.5) is 11.4 Å². The molecule has 2 aromatic heterocycles. The van der Waals surface area contributed by atoms with Gasteiger partial charge in [-0.05, 0) is 89.3 Å². The molecule has 46 heavy (non-hydrogen) atoms. The minimum absolute atomic E-state index is 0.00786. The van der Waals surface area contributed by atoms with Gasteiger partial charge in [0.1, 0.15) is 11.2 Å². The summed E-state index contributed by atoms with van der Waals surface area (Å²) in [6, 6.07) is 47.0. The number of benzene rings is 6. The number of para-hydroxylation sites is 1. The van der Waals surface area contributed by atoms with Crippen molar-refractivity contribution < 1.29 is 4.42 Å². The zero-order valence-electron chi connectivity index (χ0n) is 26.4. The van der Waals surface area contributed by atoms with Gasteiger partial charge in [0.15, 0.2) is 0 Å². The largest absolute Gasteiger partial charge is 0.456 e. The van der Waals surface area contributed by atoms with Gasteiger partial charge in [-0.15, -0.1) is 0 Å². The van der Waals surface area contributed by atoms with Crippen LogP contribution in [0, 0.1) is 11.3 Å². The Hall–Kier alpha value is -5.79. The molecule has 4 heteroatoms. The molecule has 0 spiro atoms. The summed E-state index contributed by atoms with van der Waals surface area (Å²) in [5.41, 5.74) is 11.5. The van der Waals surface area contributed by atoms with E-state index in [2.05, 4.69) is 146 Å². The molecule has 8 rings (SSSR count). The molecule has 0 radical (unpaired) electrons. The summed E-state index contributed by atoms with van der Waals surface area (Å²) >= 11 is 0. The van der Waals surface area contributed by atoms with Gasteiger partial charge < -0.3 is 13.9 Å². The quantitative estimate of drug-likeness (QED) is 0.203. The second kappa shape index (κ2) is 10.4. The molecule has 8 aromatic rings. The predicted molar refractivity (Wildman–Crippen MR) is 191 cm³/mol. The van der Waals surface area contributed by atoms with Gasteiger partial charge in [-0.25, -0.2) is 0 Å². The third-order valence-corrected chi connectivity index (χ3v) is 9.19. The van der Waals surface area contributed by atoms with E-state index < -0.39 is 0 Å². The minimum Gasteiger partial charge on any atom is -0.456 e. The Morgan fingerprint density at radius 2 is 1.37 bits per heavy atom. The van der Waals surface area contributed by atoms with Crippen LogP contribution < -0.4 is 4.90 Å². The zero-order valence-corrected chi connectivity index (χ0v) is 26.4. The lowest BCUT2D eigenvalue weighted by atomic mass is 9.86. The van der Waals surface area contributed by atoms with Crippen molar-refractivity contribution in [2.24, 2.45) is 0 Å². The van der Waals surface area contributed by atoms with Gasteiger partial charge >= 0.3 is 0 Å². The van der Waals surface area contributed by atoms with E-state index in [4.69, 9.17) is 4.42 Å². The third-order valence-electron chi connectivity index (χ3n) is 9.19. The number of fused-ring (bicyclic) bond motifs is 6. The summed E-state index contributed by atoms with van der Waals surface area (Å²) < 4.78 is 8.45. The molecule has 0 saturated heterocycles. The predicted octanol–water partition coefficient (Wildman–Crippen LogP) is 11.3. The van der Waals surface area contributed by atoms with Crippen LogP contribution in [0.25, 0.3) is 60.6 Å². The summed E-state index contributed by atoms with van der Waals surface area (Å²) in [6.45, 7) is 6.71. The molecular weight excluding hydrogens is 562 g/mol. The Morgan fingerprint density at radius 3 is 2.15 bits per heavy atom. The first kappa shape index (κ1) is 27.7. The number of nitriles is 1. The summed E-state index contributed by atoms with van der Waals surface area (Å²) in [4.78, 5) is 2.26. The molecule has 0 atom stereocenters. The van der Waals surface area contributed by atoms with Crippen molar-refractivity contribution in [3.63, 3.8) is 0 Å². The lowest BCUT2D eigenvalue weighted by Gasteiger charge is -2.24. The number of anilines is 2. The molecule has 0 aliphatic heterocycles. The smallest absolute Gasteiger partial charge is 0.135 e. The van der Waals surface area contributed by atoms with E-state index >= 15 is 0 Å². The van der Waals surface area contributed by atoms with E-state index in [-0.39, 0.29) is 5.41 Å². The number of furan rings is 1. The normalized spacial score (nSPS) is 11.9. The highest BCUT2D eigenvalue weighted by molar-refractivity contribution is 6.10. The number of rotatable bonds is 4. The van der Waals surface area contributed by atoms with E-state index in [0.717, 1.165) is 71.9 Å². The maximum absolute atomic E-state index is 9.75. The molecule has 0 aliphatic rings. The highest BCUT2D eigenvalue weighted by Crippen LogP contribution is 2.41. The Morgan fingerprint density at radius 1 is 0.652 bits per heavy atom. The maximum atomic E-state index is 9.75. The van der Waals surface area contributed by atoms with Crippen LogP contribution in [0.5, 0.6) is 0 Å². The summed E-state index contributed by atoms with van der Waals surface area (Å²) in [7, 11) is 2.13. The van der Waals surface area contributed by atoms with Crippen molar-refractivity contribution in [1.82, 2.24) is 4.57 Å². The highest BCUT2D eigenvalue weighted by Gasteiger charge is 2.20. The molecule has 0 amide bonds. The van der Waals surface area contributed by atoms with Crippen LogP contribution >= 0.6 is 0 Å². The van der Waals surface area contributed by atoms with E-state index in [0.29, 0.717) is 5.56 Å². The maximum Gasteiger partial charge on any atom is 0.135 e. The van der Waals surface area contributed by atoms with Crippen molar-refractivity contribution in [3.05, 3.63) is 139 Å². The summed E-state index contributed by atoms with van der Waals surface area (Å²) in [6.07, 6.45) is 0. The lowest BCUT2D eigenvalue weighted by Crippen LogP contribution is -2.11. The SMILES string of the molecule is CN(c1ccc2oc3ccccc3c2c1)c1ccc(-n2c3ccc(C#N)cc3c3cc(C(C)(C)C)ccc32)cc1-c1ccccc1. The number of hydrogen-bond acceptors (Lipinski definition) is 3. The first-order chi connectivity index (χ1) is 22.3. The number of nitrogens with zero attached hydrogens (tertiary/aromatic N) is 3. The molecule has 4 nitrogen and oxygen atoms in total. The Kier molecular flexibility index (Phi) is 6.27. The minimum atomic E-state index is 0.00786. The van der Waals surface area contributed by atoms with Gasteiger partial charge in [0.2, 0.25) is 0 Å². The van der Waals surface area contributed by atoms with E-state index in [9.17, 15) is 5.26 Å². The number of aromatic nitrogens is 1. The molecule has 0 N–H and O–H groups in total. The monoisotopic (exact) mass is 595 g/mol. The van der Waals surface area contributed by atoms with Crippen LogP contribution in [0.1, 0.15) is 31.9 Å². The van der Waals surface area contributed by atoms with Crippen molar-refractivity contribution in [3.8, 4) is 22.9 Å². The first-order valence-electron chi connectivity index (χ1n) is 15.6. The van der Waals surface area contributed by atoms with Crippen LogP contribution in [0.15, 0.2) is 132 Å². The van der Waals surface area contributed by atoms with Crippen molar-refractivity contribution in [2.45, 2.75) is 26.2 Å². The average molecular weight is 596 g/mol. The van der Waals surface area contributed by atoms with Gasteiger partial charge in [0.05, 0.1) is 22.7 Å². The van der Waals surface area contributed by atoms with Crippen molar-refractivity contribution >= 4 is 55.1 Å². The third kappa shape index (κ3) is 4.44. The van der Waals surface area contributed by atoms with Crippen LogP contribution in [0.2, 0.25) is 0 Å². The Balaban J connectivity index is 1.34. The molecule has 2 heterocycles. The van der Waals surface area contributed by atoms with Gasteiger partial charge in [-0.3, -0.25) is 0 Å². The van der Waals surface area contributed by atoms with Gasteiger partial charge in [-0.1, -0.05) is 75.4 Å². The van der Waals surface area contributed by atoms with Crippen LogP contribution in [-0.4, -0.2) is 11.6 Å². The fraction of sp³-hybridized carbons (Fsp3) is 0.119. The Labute approximate surface area is 268 Å². The van der Waals surface area contributed by atoms with Crippen LogP contribution in [0.3, 0.4) is 0 Å². The Bertz CT molecular complexity index is 2490. The van der Waals surface area contributed by atoms with Gasteiger partial charge in [0.25, 0.3) is 0 Å². The standard InChI is InChI=1S/C42H33N3O/c1-42(2,3)29-15-19-39-35(23-29)34-22-27(26-43)14-18-38(34)45(39)31-16-20-37(33(25-31)28-10-6-5-7-11-28)44(4)30-17-21-41-36(24-30)32-12-8-9-13-40(32)46-41/h5-25H,1-4H3. The topological polar surface area (TPSA) is 45.1 Å². The van der Waals surface area contributed by atoms with E-state index in [1.165, 1.54) is 5.56 Å². The summed E-state index contributed by atoms with van der Waals surface area (Å²) in [5.74, 6) is 0. The molecule has 0 fully saturated rings. The molecule has 6 aromatic carbocycles. The average Bonchev–Trinajstić information content (AvgIpc) is 3.62. The van der Waals surface area contributed by atoms with Crippen molar-refractivity contribution in [1.29, 1.82) is 5.26 Å². The lowest BCUT2D eigenvalue weighted by molar-refractivity contribution is 0.591. The zero-order chi connectivity index (χ0) is 31.6. The molecule has 0 aliphatic carbocycles. The van der Waals surface area contributed by atoms with Crippen LogP contribution in [-0.2, 0) is 5.41 Å². The highest BCUT2D eigenvalue weighted by atomic mass is 16.3. The second-order valence-corrected chi connectivity index (χ2v) is 13.1. The molecule has 0 unspecified atom stereocenters. The fourth-order valence-corrected chi connectivity index (χ4v) is 6.70. The molecule has 222 valence electrons. The van der Waals surface area contributed by atoms with E-state index in [1.54, 1.807) is 0 Å². The number of hydrogen-bond donors (Lipinski definition) is 0. The molecule has 0 saturated carbocycles. The van der Waals surface area contributed by atoms with E-state index in [1.807, 2.05) is 24.3 Å². The fourth-order valence-electron chi connectivity index (χ4n) is 6.70.